The summed E-state index contributed by atoms with van der Waals surface area (Å²) in [7, 11) is 1.25. The number of unbranched alkanes of at least 4 members (excludes halogenated alkanes) is 32. The minimum atomic E-state index is -4.59. The normalized spacial score (nSPS) is 14.3. The molecule has 0 heterocycles. The standard InChI is InChI=1S/C51H101N2O6P/c1-6-8-10-12-14-16-18-19-20-21-22-23-24-25-26-27-28-29-30-31-32-33-35-37-39-41-43-45-51(55)52-49(48-59-60(56,57)58-47-46-53(3,4)5)50(54)44-42-40-38-36-34-17-15-13-11-9-7-2/h34,36,42,44,49-50,54H,6-33,35,37-41,43,45-48H2,1-5H3,(H-,52,55,56,57)/b36-34+,44-42+. The van der Waals surface area contributed by atoms with Crippen molar-refractivity contribution in [1.82, 2.24) is 5.32 Å². The Morgan fingerprint density at radius 3 is 1.35 bits per heavy atom. The van der Waals surface area contributed by atoms with Gasteiger partial charge in [-0.15, -0.1) is 0 Å². The highest BCUT2D eigenvalue weighted by Crippen LogP contribution is 2.38. The molecule has 0 aromatic carbocycles. The quantitative estimate of drug-likeness (QED) is 0.0273. The van der Waals surface area contributed by atoms with Crippen molar-refractivity contribution in [3.63, 3.8) is 0 Å². The second kappa shape index (κ2) is 43.2. The fraction of sp³-hybridized carbons (Fsp3) is 0.902. The van der Waals surface area contributed by atoms with E-state index in [0.717, 1.165) is 38.5 Å². The third-order valence-corrected chi connectivity index (χ3v) is 12.6. The van der Waals surface area contributed by atoms with Crippen LogP contribution < -0.4 is 10.2 Å². The highest BCUT2D eigenvalue weighted by atomic mass is 31.2. The van der Waals surface area contributed by atoms with Gasteiger partial charge >= 0.3 is 0 Å². The number of nitrogens with one attached hydrogen (secondary N) is 1. The van der Waals surface area contributed by atoms with E-state index in [4.69, 9.17) is 9.05 Å². The lowest BCUT2D eigenvalue weighted by Crippen LogP contribution is -2.45. The molecule has 356 valence electrons. The molecule has 0 bridgehead atoms. The van der Waals surface area contributed by atoms with Crippen molar-refractivity contribution < 1.29 is 32.9 Å². The molecular formula is C51H101N2O6P. The van der Waals surface area contributed by atoms with Crippen molar-refractivity contribution in [2.45, 2.75) is 257 Å². The number of likely N-dealkylation sites (N-methyl/N-ethyl adjacent to an activating group) is 1. The Bertz CT molecular complexity index is 1030. The maximum Gasteiger partial charge on any atom is 0.268 e. The Balaban J connectivity index is 4.09. The molecule has 8 nitrogen and oxygen atoms in total. The monoisotopic (exact) mass is 869 g/mol. The molecule has 0 spiro atoms. The second-order valence-electron chi connectivity index (χ2n) is 18.9. The second-order valence-corrected chi connectivity index (χ2v) is 20.3. The zero-order valence-corrected chi connectivity index (χ0v) is 41.3. The van der Waals surface area contributed by atoms with Crippen LogP contribution in [-0.2, 0) is 18.4 Å². The average molecular weight is 869 g/mol. The number of hydrogen-bond acceptors (Lipinski definition) is 6. The molecule has 2 N–H and O–H groups in total. The van der Waals surface area contributed by atoms with Gasteiger partial charge in [-0.3, -0.25) is 9.36 Å². The highest BCUT2D eigenvalue weighted by Gasteiger charge is 2.23. The number of phosphoric acid groups is 1. The molecule has 0 aliphatic rings. The van der Waals surface area contributed by atoms with Gasteiger partial charge in [-0.2, -0.15) is 0 Å². The van der Waals surface area contributed by atoms with Crippen LogP contribution in [0.25, 0.3) is 0 Å². The molecule has 9 heteroatoms. The molecule has 0 aromatic heterocycles. The minimum absolute atomic E-state index is 0.00432. The number of carbonyl (C=O) groups excluding carboxylic acids is 1. The van der Waals surface area contributed by atoms with Gasteiger partial charge in [0.2, 0.25) is 5.91 Å². The minimum Gasteiger partial charge on any atom is -0.756 e. The zero-order valence-electron chi connectivity index (χ0n) is 40.4. The van der Waals surface area contributed by atoms with Gasteiger partial charge in [-0.05, 0) is 32.1 Å². The van der Waals surface area contributed by atoms with Crippen molar-refractivity contribution in [3.8, 4) is 0 Å². The Labute approximate surface area is 373 Å². The van der Waals surface area contributed by atoms with E-state index in [1.54, 1.807) is 6.08 Å². The lowest BCUT2D eigenvalue weighted by atomic mass is 10.0. The molecular weight excluding hydrogens is 768 g/mol. The zero-order chi connectivity index (χ0) is 44.3. The summed E-state index contributed by atoms with van der Waals surface area (Å²) in [5.41, 5.74) is 0. The average Bonchev–Trinajstić information content (AvgIpc) is 3.20. The molecule has 0 aliphatic heterocycles. The van der Waals surface area contributed by atoms with Crippen molar-refractivity contribution in [1.29, 1.82) is 0 Å². The Morgan fingerprint density at radius 2 is 0.933 bits per heavy atom. The molecule has 0 saturated heterocycles. The summed E-state index contributed by atoms with van der Waals surface area (Å²) in [6.45, 7) is 4.62. The third kappa shape index (κ3) is 45.0. The Morgan fingerprint density at radius 1 is 0.567 bits per heavy atom. The maximum atomic E-state index is 12.9. The molecule has 3 unspecified atom stereocenters. The molecule has 0 aliphatic carbocycles. The van der Waals surface area contributed by atoms with Gasteiger partial charge in [0.15, 0.2) is 0 Å². The van der Waals surface area contributed by atoms with Gasteiger partial charge in [0.05, 0.1) is 39.9 Å². The summed E-state index contributed by atoms with van der Waals surface area (Å²) in [5.74, 6) is -0.204. The van der Waals surface area contributed by atoms with Crippen LogP contribution in [-0.4, -0.2) is 68.5 Å². The SMILES string of the molecule is CCCCCCC/C=C/CC/C=C/C(O)C(COP(=O)([O-])OCC[N+](C)(C)C)NC(=O)CCCCCCCCCCCCCCCCCCCCCCCCCCCCC. The molecule has 3 atom stereocenters. The van der Waals surface area contributed by atoms with Gasteiger partial charge in [0.25, 0.3) is 7.82 Å². The summed E-state index contributed by atoms with van der Waals surface area (Å²) in [4.78, 5) is 25.3. The van der Waals surface area contributed by atoms with E-state index < -0.39 is 20.0 Å². The van der Waals surface area contributed by atoms with Crippen LogP contribution in [0.15, 0.2) is 24.3 Å². The maximum absolute atomic E-state index is 12.9. The van der Waals surface area contributed by atoms with Gasteiger partial charge < -0.3 is 28.8 Å². The number of aliphatic hydroxyl groups excluding tert-OH is 1. The summed E-state index contributed by atoms with van der Waals surface area (Å²) in [6.07, 6.45) is 52.6. The number of aliphatic hydroxyl groups is 1. The van der Waals surface area contributed by atoms with Gasteiger partial charge in [0, 0.05) is 6.42 Å². The number of quaternary nitrogens is 1. The van der Waals surface area contributed by atoms with Crippen LogP contribution in [0.3, 0.4) is 0 Å². The van der Waals surface area contributed by atoms with Crippen LogP contribution in [0.5, 0.6) is 0 Å². The van der Waals surface area contributed by atoms with E-state index in [1.807, 2.05) is 27.2 Å². The van der Waals surface area contributed by atoms with Gasteiger partial charge in [0.1, 0.15) is 13.2 Å². The first-order valence-electron chi connectivity index (χ1n) is 25.7. The summed E-state index contributed by atoms with van der Waals surface area (Å²) in [6, 6.07) is -0.898. The topological polar surface area (TPSA) is 108 Å². The van der Waals surface area contributed by atoms with E-state index in [-0.39, 0.29) is 19.1 Å². The lowest BCUT2D eigenvalue weighted by molar-refractivity contribution is -0.870. The van der Waals surface area contributed by atoms with Crippen LogP contribution in [0.2, 0.25) is 0 Å². The number of hydrogen-bond donors (Lipinski definition) is 2. The number of carbonyl (C=O) groups is 1. The summed E-state index contributed by atoms with van der Waals surface area (Å²) in [5, 5.41) is 13.8. The molecule has 0 aromatic rings. The van der Waals surface area contributed by atoms with E-state index in [9.17, 15) is 19.4 Å². The van der Waals surface area contributed by atoms with Crippen LogP contribution in [0, 0.1) is 0 Å². The summed E-state index contributed by atoms with van der Waals surface area (Å²) < 4.78 is 23.2. The van der Waals surface area contributed by atoms with Crippen molar-refractivity contribution in [2.24, 2.45) is 0 Å². The van der Waals surface area contributed by atoms with Crippen LogP contribution in [0.1, 0.15) is 245 Å². The van der Waals surface area contributed by atoms with E-state index in [1.165, 1.54) is 186 Å². The fourth-order valence-corrected chi connectivity index (χ4v) is 8.30. The molecule has 0 fully saturated rings. The molecule has 60 heavy (non-hydrogen) atoms. The first-order chi connectivity index (χ1) is 29.0. The fourth-order valence-electron chi connectivity index (χ4n) is 7.58. The first-order valence-corrected chi connectivity index (χ1v) is 27.2. The third-order valence-electron chi connectivity index (χ3n) is 11.7. The van der Waals surface area contributed by atoms with E-state index in [0.29, 0.717) is 17.4 Å². The van der Waals surface area contributed by atoms with Crippen molar-refractivity contribution in [3.05, 3.63) is 24.3 Å². The first kappa shape index (κ1) is 59.0. The van der Waals surface area contributed by atoms with E-state index in [2.05, 4.69) is 31.3 Å². The number of phosphoric ester groups is 1. The van der Waals surface area contributed by atoms with Crippen LogP contribution in [0.4, 0.5) is 0 Å². The van der Waals surface area contributed by atoms with Crippen molar-refractivity contribution in [2.75, 3.05) is 40.9 Å². The molecule has 0 saturated carbocycles. The molecule has 0 rings (SSSR count). The van der Waals surface area contributed by atoms with Crippen LogP contribution >= 0.6 is 7.82 Å². The van der Waals surface area contributed by atoms with Crippen molar-refractivity contribution >= 4 is 13.7 Å². The highest BCUT2D eigenvalue weighted by molar-refractivity contribution is 7.45. The predicted molar refractivity (Wildman–Crippen MR) is 256 cm³/mol. The number of nitrogens with zero attached hydrogens (tertiary/aromatic N) is 1. The lowest BCUT2D eigenvalue weighted by Gasteiger charge is -2.29. The van der Waals surface area contributed by atoms with E-state index >= 15 is 0 Å². The largest absolute Gasteiger partial charge is 0.756 e. The van der Waals surface area contributed by atoms with Gasteiger partial charge in [-0.1, -0.05) is 231 Å². The summed E-state index contributed by atoms with van der Waals surface area (Å²) >= 11 is 0. The van der Waals surface area contributed by atoms with Gasteiger partial charge in [-0.25, -0.2) is 0 Å². The molecule has 1 amide bonds. The smallest absolute Gasteiger partial charge is 0.268 e. The molecule has 0 radical (unpaired) electrons. The Kier molecular flexibility index (Phi) is 42.5. The number of rotatable bonds is 47. The number of amides is 1. The number of allylic oxidation sites excluding steroid dienone is 3. The Hall–Kier alpha value is -1.02. The predicted octanol–water partition coefficient (Wildman–Crippen LogP) is 14.2.